The number of hydroxylamine groups is 1. The molecule has 1 N–H and O–H groups in total. The summed E-state index contributed by atoms with van der Waals surface area (Å²) in [4.78, 5) is 19.7. The number of hydrogen-bond acceptors (Lipinski definition) is 5. The summed E-state index contributed by atoms with van der Waals surface area (Å²) in [6.07, 6.45) is 2.43. The number of nitrogens with one attached hydrogen (secondary N) is 1. The van der Waals surface area contributed by atoms with Crippen LogP contribution in [0.3, 0.4) is 0 Å². The first-order valence-corrected chi connectivity index (χ1v) is 10.2. The Hall–Kier alpha value is -1.48. The van der Waals surface area contributed by atoms with Gasteiger partial charge in [0, 0.05) is 25.2 Å². The molecule has 1 aromatic rings. The molecule has 0 unspecified atom stereocenters. The average Bonchev–Trinajstić information content (AvgIpc) is 3.13. The Kier molecular flexibility index (Phi) is 7.37. The van der Waals surface area contributed by atoms with E-state index >= 15 is 0 Å². The molecule has 0 saturated carbocycles. The van der Waals surface area contributed by atoms with Gasteiger partial charge in [0.25, 0.3) is 5.91 Å². The van der Waals surface area contributed by atoms with Crippen molar-refractivity contribution in [3.05, 3.63) is 29.8 Å². The van der Waals surface area contributed by atoms with Crippen molar-refractivity contribution in [1.29, 1.82) is 0 Å². The van der Waals surface area contributed by atoms with Crippen molar-refractivity contribution in [2.45, 2.75) is 31.6 Å². The third kappa shape index (κ3) is 5.24. The van der Waals surface area contributed by atoms with Crippen LogP contribution in [0, 0.1) is 0 Å². The minimum atomic E-state index is -3.51. The number of hydrogen-bond donors (Lipinski definition) is 1. The fraction of sp³-hybridized carbons (Fsp3) is 0.588. The lowest BCUT2D eigenvalue weighted by atomic mass is 10.2. The minimum Gasteiger partial charge on any atom is -0.301 e. The van der Waals surface area contributed by atoms with Gasteiger partial charge in [-0.15, -0.1) is 0 Å². The molecule has 0 spiro atoms. The number of carbonyl (C=O) groups excluding carboxylic acids is 1. The summed E-state index contributed by atoms with van der Waals surface area (Å²) < 4.78 is 26.2. The first-order valence-electron chi connectivity index (χ1n) is 8.73. The van der Waals surface area contributed by atoms with E-state index in [-0.39, 0.29) is 10.8 Å². The Balaban J connectivity index is 1.87. The zero-order chi connectivity index (χ0) is 18.3. The zero-order valence-corrected chi connectivity index (χ0v) is 15.7. The monoisotopic (exact) mass is 369 g/mol. The fourth-order valence-corrected chi connectivity index (χ4v) is 4.31. The Morgan fingerprint density at radius 1 is 1.16 bits per heavy atom. The predicted octanol–water partition coefficient (Wildman–Crippen LogP) is 1.47. The summed E-state index contributed by atoms with van der Waals surface area (Å²) in [5.74, 6) is -0.381. The Morgan fingerprint density at radius 2 is 1.76 bits per heavy atom. The van der Waals surface area contributed by atoms with Crippen molar-refractivity contribution in [2.75, 3.05) is 39.3 Å². The zero-order valence-electron chi connectivity index (χ0n) is 14.9. The van der Waals surface area contributed by atoms with E-state index in [1.54, 1.807) is 13.8 Å². The topological polar surface area (TPSA) is 79.0 Å². The second-order valence-corrected chi connectivity index (χ2v) is 7.88. The summed E-state index contributed by atoms with van der Waals surface area (Å²) in [5, 5.41) is 0. The number of nitrogens with zero attached hydrogens (tertiary/aromatic N) is 2. The van der Waals surface area contributed by atoms with E-state index in [4.69, 9.17) is 4.84 Å². The van der Waals surface area contributed by atoms with Crippen LogP contribution in [-0.2, 0) is 14.9 Å². The SMILES string of the molecule is CCN(CC)S(=O)(=O)c1ccc(C(=O)NOCCN2CCCC2)cc1. The third-order valence-electron chi connectivity index (χ3n) is 4.33. The van der Waals surface area contributed by atoms with Gasteiger partial charge in [0.15, 0.2) is 0 Å². The van der Waals surface area contributed by atoms with E-state index in [9.17, 15) is 13.2 Å². The van der Waals surface area contributed by atoms with Crippen LogP contribution in [0.1, 0.15) is 37.0 Å². The van der Waals surface area contributed by atoms with E-state index in [2.05, 4.69) is 10.4 Å². The van der Waals surface area contributed by atoms with Gasteiger partial charge >= 0.3 is 0 Å². The highest BCUT2D eigenvalue weighted by Crippen LogP contribution is 2.16. The van der Waals surface area contributed by atoms with Crippen LogP contribution in [0.2, 0.25) is 0 Å². The van der Waals surface area contributed by atoms with E-state index < -0.39 is 10.0 Å². The summed E-state index contributed by atoms with van der Waals surface area (Å²) in [7, 11) is -3.51. The molecule has 1 aliphatic rings. The lowest BCUT2D eigenvalue weighted by Crippen LogP contribution is -2.31. The smallest absolute Gasteiger partial charge is 0.274 e. The number of amides is 1. The molecular weight excluding hydrogens is 342 g/mol. The summed E-state index contributed by atoms with van der Waals surface area (Å²) in [6.45, 7) is 7.80. The van der Waals surface area contributed by atoms with Crippen molar-refractivity contribution in [1.82, 2.24) is 14.7 Å². The molecule has 25 heavy (non-hydrogen) atoms. The second-order valence-electron chi connectivity index (χ2n) is 5.94. The maximum absolute atomic E-state index is 12.4. The standard InChI is InChI=1S/C17H27N3O4S/c1-3-20(4-2)25(22,23)16-9-7-15(8-10-16)17(21)18-24-14-13-19-11-5-6-12-19/h7-10H,3-6,11-14H2,1-2H3,(H,18,21). The normalized spacial score (nSPS) is 15.6. The second kappa shape index (κ2) is 9.28. The van der Waals surface area contributed by atoms with Gasteiger partial charge < -0.3 is 4.90 Å². The number of benzene rings is 1. The van der Waals surface area contributed by atoms with Crippen molar-refractivity contribution in [3.63, 3.8) is 0 Å². The number of sulfonamides is 1. The van der Waals surface area contributed by atoms with E-state index in [0.29, 0.717) is 25.3 Å². The Morgan fingerprint density at radius 3 is 2.32 bits per heavy atom. The molecule has 140 valence electrons. The maximum Gasteiger partial charge on any atom is 0.274 e. The average molecular weight is 369 g/mol. The van der Waals surface area contributed by atoms with Crippen LogP contribution in [0.25, 0.3) is 0 Å². The molecule has 0 aromatic heterocycles. The molecule has 1 aliphatic heterocycles. The number of likely N-dealkylation sites (tertiary alicyclic amines) is 1. The third-order valence-corrected chi connectivity index (χ3v) is 6.40. The first kappa shape index (κ1) is 19.8. The van der Waals surface area contributed by atoms with Gasteiger partial charge in [0.1, 0.15) is 0 Å². The molecule has 1 heterocycles. The number of rotatable bonds is 9. The largest absolute Gasteiger partial charge is 0.301 e. The highest BCUT2D eigenvalue weighted by Gasteiger charge is 2.21. The van der Waals surface area contributed by atoms with Crippen molar-refractivity contribution in [3.8, 4) is 0 Å². The minimum absolute atomic E-state index is 0.183. The van der Waals surface area contributed by atoms with Crippen LogP contribution in [0.4, 0.5) is 0 Å². The molecule has 0 atom stereocenters. The molecule has 0 aliphatic carbocycles. The highest BCUT2D eigenvalue weighted by atomic mass is 32.2. The van der Waals surface area contributed by atoms with Crippen LogP contribution in [-0.4, -0.2) is 62.9 Å². The van der Waals surface area contributed by atoms with Gasteiger partial charge in [-0.2, -0.15) is 4.31 Å². The van der Waals surface area contributed by atoms with Crippen molar-refractivity contribution in [2.24, 2.45) is 0 Å². The molecule has 0 bridgehead atoms. The lowest BCUT2D eigenvalue weighted by molar-refractivity contribution is 0.0244. The maximum atomic E-state index is 12.4. The summed E-state index contributed by atoms with van der Waals surface area (Å²) in [5.41, 5.74) is 2.76. The van der Waals surface area contributed by atoms with Crippen LogP contribution in [0.15, 0.2) is 29.2 Å². The first-order chi connectivity index (χ1) is 12.0. The van der Waals surface area contributed by atoms with Gasteiger partial charge in [-0.1, -0.05) is 13.8 Å². The van der Waals surface area contributed by atoms with Gasteiger partial charge in [-0.05, 0) is 50.2 Å². The van der Waals surface area contributed by atoms with Crippen LogP contribution < -0.4 is 5.48 Å². The van der Waals surface area contributed by atoms with Gasteiger partial charge in [0.05, 0.1) is 11.5 Å². The molecule has 1 fully saturated rings. The fourth-order valence-electron chi connectivity index (χ4n) is 2.85. The summed E-state index contributed by atoms with van der Waals surface area (Å²) in [6, 6.07) is 5.89. The molecular formula is C17H27N3O4S. The van der Waals surface area contributed by atoms with E-state index in [1.165, 1.54) is 41.4 Å². The van der Waals surface area contributed by atoms with Gasteiger partial charge in [-0.3, -0.25) is 9.63 Å². The lowest BCUT2D eigenvalue weighted by Gasteiger charge is -2.18. The van der Waals surface area contributed by atoms with E-state index in [1.807, 2.05) is 0 Å². The van der Waals surface area contributed by atoms with Crippen molar-refractivity contribution >= 4 is 15.9 Å². The van der Waals surface area contributed by atoms with Gasteiger partial charge in [-0.25, -0.2) is 13.9 Å². The highest BCUT2D eigenvalue weighted by molar-refractivity contribution is 7.89. The molecule has 0 radical (unpaired) electrons. The Labute approximate surface area is 149 Å². The quantitative estimate of drug-likeness (QED) is 0.527. The molecule has 8 heteroatoms. The molecule has 1 aromatic carbocycles. The number of carbonyl (C=O) groups is 1. The van der Waals surface area contributed by atoms with Crippen LogP contribution >= 0.6 is 0 Å². The molecule has 1 saturated heterocycles. The molecule has 7 nitrogen and oxygen atoms in total. The van der Waals surface area contributed by atoms with Crippen LogP contribution in [0.5, 0.6) is 0 Å². The van der Waals surface area contributed by atoms with Gasteiger partial charge in [0.2, 0.25) is 10.0 Å². The van der Waals surface area contributed by atoms with E-state index in [0.717, 1.165) is 19.6 Å². The predicted molar refractivity (Wildman–Crippen MR) is 95.6 cm³/mol. The van der Waals surface area contributed by atoms with Crippen molar-refractivity contribution < 1.29 is 18.0 Å². The Bertz CT molecular complexity index is 651. The molecule has 1 amide bonds. The molecule has 2 rings (SSSR count). The summed E-state index contributed by atoms with van der Waals surface area (Å²) >= 11 is 0.